The third kappa shape index (κ3) is 3.05. The van der Waals surface area contributed by atoms with E-state index in [1.165, 1.54) is 13.1 Å². The van der Waals surface area contributed by atoms with Crippen molar-refractivity contribution in [3.63, 3.8) is 0 Å². The molecule has 1 nitrogen and oxygen atoms in total. The van der Waals surface area contributed by atoms with Crippen LogP contribution >= 0.6 is 43.2 Å². The van der Waals surface area contributed by atoms with Crippen molar-refractivity contribution in [2.45, 2.75) is 26.8 Å². The zero-order chi connectivity index (χ0) is 10.7. The highest BCUT2D eigenvalue weighted by atomic mass is 79.9. The molecule has 0 aromatic carbocycles. The van der Waals surface area contributed by atoms with Crippen LogP contribution in [0.3, 0.4) is 0 Å². The van der Waals surface area contributed by atoms with Crippen LogP contribution in [0.4, 0.5) is 0 Å². The minimum atomic E-state index is 0.442. The fourth-order valence-corrected chi connectivity index (χ4v) is 4.42. The lowest BCUT2D eigenvalue weighted by atomic mass is 9.99. The summed E-state index contributed by atoms with van der Waals surface area (Å²) in [6.45, 7) is 7.63. The molecule has 0 bridgehead atoms. The molecular weight excluding hydrogens is 326 g/mol. The molecule has 1 atom stereocenters. The van der Waals surface area contributed by atoms with Crippen molar-refractivity contribution in [3.05, 3.63) is 19.2 Å². The van der Waals surface area contributed by atoms with Crippen LogP contribution in [0.1, 0.15) is 32.4 Å². The van der Waals surface area contributed by atoms with Gasteiger partial charge in [-0.15, -0.1) is 11.3 Å². The number of rotatable bonds is 4. The topological polar surface area (TPSA) is 12.0 Å². The van der Waals surface area contributed by atoms with Crippen LogP contribution in [0.25, 0.3) is 0 Å². The van der Waals surface area contributed by atoms with Gasteiger partial charge in [0.05, 0.1) is 7.57 Å². The Kier molecular flexibility index (Phi) is 5.11. The monoisotopic (exact) mass is 339 g/mol. The first-order valence-corrected chi connectivity index (χ1v) is 7.14. The predicted molar refractivity (Wildman–Crippen MR) is 71.0 cm³/mol. The highest BCUT2D eigenvalue weighted by molar-refractivity contribution is 9.12. The summed E-state index contributed by atoms with van der Waals surface area (Å²) < 4.78 is 2.41. The molecule has 1 unspecified atom stereocenters. The maximum atomic E-state index is 3.60. The van der Waals surface area contributed by atoms with Gasteiger partial charge in [-0.05, 0) is 56.0 Å². The van der Waals surface area contributed by atoms with Crippen LogP contribution in [-0.4, -0.2) is 6.54 Å². The average molecular weight is 341 g/mol. The number of hydrogen-bond acceptors (Lipinski definition) is 2. The lowest BCUT2D eigenvalue weighted by Gasteiger charge is -2.21. The van der Waals surface area contributed by atoms with E-state index in [2.05, 4.69) is 64.0 Å². The van der Waals surface area contributed by atoms with Crippen molar-refractivity contribution in [2.24, 2.45) is 5.92 Å². The van der Waals surface area contributed by atoms with E-state index in [9.17, 15) is 0 Å². The summed E-state index contributed by atoms with van der Waals surface area (Å²) in [5.74, 6) is 0.604. The molecule has 14 heavy (non-hydrogen) atoms. The summed E-state index contributed by atoms with van der Waals surface area (Å²) in [5, 5.41) is 3.51. The van der Waals surface area contributed by atoms with Gasteiger partial charge in [-0.1, -0.05) is 20.8 Å². The zero-order valence-corrected chi connectivity index (χ0v) is 12.6. The van der Waals surface area contributed by atoms with Gasteiger partial charge in [-0.2, -0.15) is 0 Å². The van der Waals surface area contributed by atoms with E-state index in [1.807, 2.05) is 0 Å². The molecule has 0 aliphatic carbocycles. The second-order valence-electron chi connectivity index (χ2n) is 3.56. The quantitative estimate of drug-likeness (QED) is 0.845. The fourth-order valence-electron chi connectivity index (χ4n) is 1.49. The Hall–Kier alpha value is 0.620. The van der Waals surface area contributed by atoms with E-state index in [1.54, 1.807) is 11.3 Å². The van der Waals surface area contributed by atoms with Crippen LogP contribution in [0, 0.1) is 5.92 Å². The molecule has 4 heteroatoms. The van der Waals surface area contributed by atoms with Gasteiger partial charge in [0.2, 0.25) is 0 Å². The van der Waals surface area contributed by atoms with Gasteiger partial charge >= 0.3 is 0 Å². The van der Waals surface area contributed by atoms with Gasteiger partial charge < -0.3 is 5.32 Å². The van der Waals surface area contributed by atoms with E-state index in [4.69, 9.17) is 0 Å². The molecule has 1 N–H and O–H groups in total. The van der Waals surface area contributed by atoms with E-state index in [-0.39, 0.29) is 0 Å². The van der Waals surface area contributed by atoms with Crippen LogP contribution in [-0.2, 0) is 0 Å². The summed E-state index contributed by atoms with van der Waals surface area (Å²) >= 11 is 8.85. The second kappa shape index (κ2) is 5.64. The molecule has 0 saturated carbocycles. The Morgan fingerprint density at radius 1 is 1.43 bits per heavy atom. The Morgan fingerprint density at radius 2 is 2.07 bits per heavy atom. The van der Waals surface area contributed by atoms with Gasteiger partial charge in [0.1, 0.15) is 0 Å². The summed E-state index contributed by atoms with van der Waals surface area (Å²) in [6.07, 6.45) is 0. The van der Waals surface area contributed by atoms with Crippen LogP contribution in [0.5, 0.6) is 0 Å². The summed E-state index contributed by atoms with van der Waals surface area (Å²) in [5.41, 5.74) is 1.36. The third-order valence-electron chi connectivity index (χ3n) is 2.11. The van der Waals surface area contributed by atoms with Crippen molar-refractivity contribution in [1.29, 1.82) is 0 Å². The van der Waals surface area contributed by atoms with Gasteiger partial charge in [0.15, 0.2) is 0 Å². The maximum absolute atomic E-state index is 3.60. The molecule has 0 aliphatic heterocycles. The standard InChI is InChI=1S/C10H15Br2NS/c1-4-13-9(6(2)3)7-5-8(11)14-10(7)12/h5-6,9,13H,4H2,1-3H3. The Morgan fingerprint density at radius 3 is 2.43 bits per heavy atom. The Bertz CT molecular complexity index is 296. The molecule has 1 heterocycles. The number of hydrogen-bond donors (Lipinski definition) is 1. The van der Waals surface area contributed by atoms with E-state index in [0.29, 0.717) is 12.0 Å². The molecule has 0 amide bonds. The molecular formula is C10H15Br2NS. The number of thiophene rings is 1. The molecule has 0 radical (unpaired) electrons. The van der Waals surface area contributed by atoms with Crippen molar-refractivity contribution < 1.29 is 0 Å². The minimum absolute atomic E-state index is 0.442. The first kappa shape index (κ1) is 12.7. The zero-order valence-electron chi connectivity index (χ0n) is 8.60. The normalized spacial score (nSPS) is 13.6. The van der Waals surface area contributed by atoms with Crippen molar-refractivity contribution in [2.75, 3.05) is 6.54 Å². The molecule has 0 aliphatic rings. The first-order valence-electron chi connectivity index (χ1n) is 4.74. The number of halogens is 2. The maximum Gasteiger partial charge on any atom is 0.0758 e. The molecule has 0 fully saturated rings. The number of nitrogens with one attached hydrogen (secondary N) is 1. The van der Waals surface area contributed by atoms with Crippen molar-refractivity contribution in [3.8, 4) is 0 Å². The summed E-state index contributed by atoms with van der Waals surface area (Å²) in [4.78, 5) is 0. The highest BCUT2D eigenvalue weighted by Crippen LogP contribution is 2.37. The minimum Gasteiger partial charge on any atom is -0.310 e. The summed E-state index contributed by atoms with van der Waals surface area (Å²) in [7, 11) is 0. The van der Waals surface area contributed by atoms with Crippen molar-refractivity contribution >= 4 is 43.2 Å². The summed E-state index contributed by atoms with van der Waals surface area (Å²) in [6, 6.07) is 2.64. The van der Waals surface area contributed by atoms with Gasteiger partial charge in [-0.3, -0.25) is 0 Å². The molecule has 1 aromatic heterocycles. The van der Waals surface area contributed by atoms with Crippen LogP contribution in [0.2, 0.25) is 0 Å². The van der Waals surface area contributed by atoms with Crippen LogP contribution in [0.15, 0.2) is 13.6 Å². The molecule has 80 valence electrons. The lowest BCUT2D eigenvalue weighted by Crippen LogP contribution is -2.25. The first-order chi connectivity index (χ1) is 6.56. The Labute approximate surface area is 107 Å². The van der Waals surface area contributed by atoms with Gasteiger partial charge in [0, 0.05) is 6.04 Å². The third-order valence-corrected chi connectivity index (χ3v) is 4.49. The Balaban J connectivity index is 2.92. The molecule has 0 spiro atoms. The molecule has 1 aromatic rings. The predicted octanol–water partition coefficient (Wildman–Crippen LogP) is 4.58. The smallest absolute Gasteiger partial charge is 0.0758 e. The fraction of sp³-hybridized carbons (Fsp3) is 0.600. The van der Waals surface area contributed by atoms with E-state index in [0.717, 1.165) is 6.54 Å². The average Bonchev–Trinajstić information content (AvgIpc) is 2.40. The van der Waals surface area contributed by atoms with Gasteiger partial charge in [-0.25, -0.2) is 0 Å². The molecule has 1 rings (SSSR count). The lowest BCUT2D eigenvalue weighted by molar-refractivity contribution is 0.421. The van der Waals surface area contributed by atoms with Crippen LogP contribution < -0.4 is 5.32 Å². The van der Waals surface area contributed by atoms with E-state index >= 15 is 0 Å². The molecule has 0 saturated heterocycles. The van der Waals surface area contributed by atoms with Gasteiger partial charge in [0.25, 0.3) is 0 Å². The SMILES string of the molecule is CCNC(c1cc(Br)sc1Br)C(C)C. The highest BCUT2D eigenvalue weighted by Gasteiger charge is 2.19. The largest absolute Gasteiger partial charge is 0.310 e. The van der Waals surface area contributed by atoms with Crippen molar-refractivity contribution in [1.82, 2.24) is 5.32 Å². The van der Waals surface area contributed by atoms with E-state index < -0.39 is 0 Å². The second-order valence-corrected chi connectivity index (χ2v) is 7.31.